The van der Waals surface area contributed by atoms with Gasteiger partial charge in [-0.2, -0.15) is 4.31 Å². The first-order valence-corrected chi connectivity index (χ1v) is 8.20. The van der Waals surface area contributed by atoms with Gasteiger partial charge >= 0.3 is 7.60 Å². The lowest BCUT2D eigenvalue weighted by atomic mass is 10.6. The fraction of sp³-hybridized carbons (Fsp3) is 1.00. The second-order valence-corrected chi connectivity index (χ2v) is 9.57. The topological polar surface area (TPSA) is 46.5 Å². The van der Waals surface area contributed by atoms with Crippen LogP contribution >= 0.6 is 15.1 Å². The van der Waals surface area contributed by atoms with Gasteiger partial charge in [0.15, 0.2) is 7.49 Å². The van der Waals surface area contributed by atoms with Gasteiger partial charge in [0.05, 0.1) is 19.0 Å². The molecule has 0 saturated heterocycles. The van der Waals surface area contributed by atoms with Crippen molar-refractivity contribution in [1.82, 2.24) is 0 Å². The zero-order valence-corrected chi connectivity index (χ0v) is 9.52. The summed E-state index contributed by atoms with van der Waals surface area (Å²) in [6, 6.07) is 0. The molecule has 0 spiro atoms. The van der Waals surface area contributed by atoms with E-state index in [-0.39, 0.29) is 0 Å². The summed E-state index contributed by atoms with van der Waals surface area (Å²) in [7, 11) is -4.94. The third kappa shape index (κ3) is 4.92. The lowest BCUT2D eigenvalue weighted by Crippen LogP contribution is -2.05. The molecule has 0 rings (SSSR count). The van der Waals surface area contributed by atoms with Gasteiger partial charge in [-0.25, -0.2) is 0 Å². The molecule has 0 aromatic carbocycles. The maximum Gasteiger partial charge on any atom is 0.358 e. The Morgan fingerprint density at radius 3 is 1.91 bits per heavy atom. The van der Waals surface area contributed by atoms with Gasteiger partial charge in [-0.3, -0.25) is 4.57 Å². The molecule has 0 aromatic heterocycles. The molecular formula is C6H17O3P2+. The van der Waals surface area contributed by atoms with E-state index >= 15 is 0 Å². The first-order chi connectivity index (χ1) is 4.65. The summed E-state index contributed by atoms with van der Waals surface area (Å²) in [5.74, 6) is 0. The fourth-order valence-corrected chi connectivity index (χ4v) is 4.36. The summed E-state index contributed by atoms with van der Waals surface area (Å²) in [5, 5.41) is 0. The molecule has 0 bridgehead atoms. The molecule has 0 saturated carbocycles. The summed E-state index contributed by atoms with van der Waals surface area (Å²) in [4.78, 5) is 8.96. The molecular weight excluding hydrogens is 182 g/mol. The molecule has 0 aromatic rings. The molecule has 0 heterocycles. The van der Waals surface area contributed by atoms with Gasteiger partial charge in [-0.05, 0) is 13.8 Å². The van der Waals surface area contributed by atoms with Crippen LogP contribution < -0.4 is 0 Å². The molecule has 0 radical (unpaired) electrons. The second kappa shape index (κ2) is 3.53. The van der Waals surface area contributed by atoms with E-state index in [9.17, 15) is 4.57 Å². The molecule has 0 amide bonds. The maximum atomic E-state index is 10.9. The average molecular weight is 199 g/mol. The molecule has 0 fully saturated rings. The number of rotatable bonds is 3. The van der Waals surface area contributed by atoms with Crippen molar-refractivity contribution in [3.63, 3.8) is 0 Å². The first kappa shape index (κ1) is 11.6. The van der Waals surface area contributed by atoms with Crippen LogP contribution in [0.5, 0.6) is 0 Å². The summed E-state index contributed by atoms with van der Waals surface area (Å²) >= 11 is 0. The normalized spacial score (nSPS) is 18.5. The molecule has 1 atom stereocenters. The van der Waals surface area contributed by atoms with Gasteiger partial charge in [0, 0.05) is 6.66 Å². The second-order valence-electron chi connectivity index (χ2n) is 3.41. The van der Waals surface area contributed by atoms with Crippen LogP contribution in [0.2, 0.25) is 0 Å². The molecule has 0 aliphatic rings. The quantitative estimate of drug-likeness (QED) is 0.710. The van der Waals surface area contributed by atoms with Crippen molar-refractivity contribution >= 4 is 15.1 Å². The van der Waals surface area contributed by atoms with Crippen molar-refractivity contribution in [3.8, 4) is 0 Å². The minimum Gasteiger partial charge on any atom is -0.322 e. The van der Waals surface area contributed by atoms with Crippen LogP contribution in [0.25, 0.3) is 0 Å². The average Bonchev–Trinajstić information content (AvgIpc) is 1.56. The third-order valence-corrected chi connectivity index (χ3v) is 6.99. The molecule has 1 unspecified atom stereocenters. The van der Waals surface area contributed by atoms with E-state index in [1.54, 1.807) is 0 Å². The Bertz CT molecular complexity index is 171. The van der Waals surface area contributed by atoms with Gasteiger partial charge in [-0.15, -0.1) is 0 Å². The largest absolute Gasteiger partial charge is 0.358 e. The molecule has 5 heteroatoms. The highest BCUT2D eigenvalue weighted by Crippen LogP contribution is 2.66. The van der Waals surface area contributed by atoms with E-state index in [1.807, 2.05) is 27.2 Å². The predicted molar refractivity (Wildman–Crippen MR) is 50.7 cm³/mol. The zero-order valence-electron chi connectivity index (χ0n) is 7.74. The first-order valence-electron chi connectivity index (χ1n) is 3.50. The van der Waals surface area contributed by atoms with Gasteiger partial charge < -0.3 is 4.89 Å². The molecule has 1 N–H and O–H groups in total. The Labute approximate surface area is 69.1 Å². The van der Waals surface area contributed by atoms with Gasteiger partial charge in [-0.1, -0.05) is 0 Å². The highest BCUT2D eigenvalue weighted by atomic mass is 31.3. The SMILES string of the molecule is CC(C)[P+](C)(C)OP(C)(=O)O. The van der Waals surface area contributed by atoms with Crippen LogP contribution in [0.4, 0.5) is 0 Å². The van der Waals surface area contributed by atoms with Gasteiger partial charge in [0.1, 0.15) is 0 Å². The maximum absolute atomic E-state index is 10.9. The lowest BCUT2D eigenvalue weighted by molar-refractivity contribution is 0.398. The van der Waals surface area contributed by atoms with Gasteiger partial charge in [0.2, 0.25) is 0 Å². The van der Waals surface area contributed by atoms with E-state index in [0.29, 0.717) is 5.66 Å². The van der Waals surface area contributed by atoms with Crippen LogP contribution in [-0.4, -0.2) is 30.5 Å². The standard InChI is InChI=1S/C6H16O3P2/c1-6(2)10(3,4)9-11(5,7)8/h6H,1-5H3/p+1. The van der Waals surface area contributed by atoms with E-state index in [4.69, 9.17) is 9.20 Å². The van der Waals surface area contributed by atoms with E-state index in [2.05, 4.69) is 0 Å². The predicted octanol–water partition coefficient (Wildman–Crippen LogP) is 2.42. The monoisotopic (exact) mass is 199 g/mol. The Morgan fingerprint density at radius 1 is 1.45 bits per heavy atom. The Morgan fingerprint density at radius 2 is 1.82 bits per heavy atom. The lowest BCUT2D eigenvalue weighted by Gasteiger charge is -2.21. The van der Waals surface area contributed by atoms with Crippen LogP contribution in [0.3, 0.4) is 0 Å². The van der Waals surface area contributed by atoms with Crippen molar-refractivity contribution in [2.45, 2.75) is 19.5 Å². The summed E-state index contributed by atoms with van der Waals surface area (Å²) < 4.78 is 16.0. The molecule has 0 aliphatic carbocycles. The molecule has 68 valence electrons. The third-order valence-electron chi connectivity index (χ3n) is 1.61. The summed E-state index contributed by atoms with van der Waals surface area (Å²) in [5.41, 5.74) is 0.336. The molecule has 11 heavy (non-hydrogen) atoms. The van der Waals surface area contributed by atoms with Crippen molar-refractivity contribution in [2.24, 2.45) is 0 Å². The highest BCUT2D eigenvalue weighted by molar-refractivity contribution is 7.77. The highest BCUT2D eigenvalue weighted by Gasteiger charge is 2.37. The van der Waals surface area contributed by atoms with Crippen molar-refractivity contribution in [3.05, 3.63) is 0 Å². The van der Waals surface area contributed by atoms with Crippen LogP contribution in [0.1, 0.15) is 13.8 Å². The Hall–Kier alpha value is 0.580. The van der Waals surface area contributed by atoms with Crippen molar-refractivity contribution in [2.75, 3.05) is 20.0 Å². The van der Waals surface area contributed by atoms with E-state index < -0.39 is 15.1 Å². The Balaban J connectivity index is 4.25. The van der Waals surface area contributed by atoms with Crippen LogP contribution in [0, 0.1) is 0 Å². The zero-order chi connectivity index (χ0) is 9.28. The van der Waals surface area contributed by atoms with Crippen molar-refractivity contribution in [1.29, 1.82) is 0 Å². The van der Waals surface area contributed by atoms with E-state index in [0.717, 1.165) is 0 Å². The number of hydrogen-bond donors (Lipinski definition) is 1. The number of hydrogen-bond acceptors (Lipinski definition) is 2. The molecule has 3 nitrogen and oxygen atoms in total. The molecule has 0 aliphatic heterocycles. The van der Waals surface area contributed by atoms with Crippen molar-refractivity contribution < 1.29 is 13.8 Å². The minimum atomic E-state index is -3.29. The summed E-state index contributed by atoms with van der Waals surface area (Å²) in [6.07, 6.45) is 0. The minimum absolute atomic E-state index is 0.336. The smallest absolute Gasteiger partial charge is 0.322 e. The fourth-order valence-electron chi connectivity index (χ4n) is 0.485. The van der Waals surface area contributed by atoms with Gasteiger partial charge in [0.25, 0.3) is 0 Å². The van der Waals surface area contributed by atoms with E-state index in [1.165, 1.54) is 6.66 Å². The Kier molecular flexibility index (Phi) is 3.72. The van der Waals surface area contributed by atoms with Crippen LogP contribution in [-0.2, 0) is 8.88 Å². The summed E-state index contributed by atoms with van der Waals surface area (Å²) in [6.45, 7) is 9.08. The van der Waals surface area contributed by atoms with Crippen LogP contribution in [0.15, 0.2) is 0 Å².